The zero-order valence-corrected chi connectivity index (χ0v) is 29.8. The van der Waals surface area contributed by atoms with Gasteiger partial charge in [0.05, 0.1) is 73.2 Å². The first-order valence-electron chi connectivity index (χ1n) is 15.3. The number of nitrogens with zero attached hydrogens (tertiary/aromatic N) is 6. The number of ether oxygens (including phenoxy) is 2. The molecule has 0 aliphatic heterocycles. The largest absolute Gasteiger partial charge is 0.496 e. The highest BCUT2D eigenvalue weighted by Gasteiger charge is 2.34. The number of imidazole rings is 2. The molecule has 51 heavy (non-hydrogen) atoms. The minimum Gasteiger partial charge on any atom is -0.496 e. The maximum Gasteiger partial charge on any atom is 0.416 e. The molecule has 0 amide bonds. The molecule has 0 bridgehead atoms. The number of hydrogen-bond donors (Lipinski definition) is 0. The van der Waals surface area contributed by atoms with Crippen molar-refractivity contribution in [2.24, 2.45) is 14.1 Å². The summed E-state index contributed by atoms with van der Waals surface area (Å²) in [5, 5.41) is 0. The van der Waals surface area contributed by atoms with Crippen LogP contribution in [0.2, 0.25) is 0 Å². The van der Waals surface area contributed by atoms with Crippen LogP contribution < -0.4 is 18.6 Å². The number of pyridine rings is 2. The van der Waals surface area contributed by atoms with E-state index < -0.39 is 33.3 Å². The zero-order chi connectivity index (χ0) is 37.0. The summed E-state index contributed by atoms with van der Waals surface area (Å²) in [5.41, 5.74) is 2.33. The third kappa shape index (κ3) is 6.76. The number of alkyl halides is 6. The van der Waals surface area contributed by atoms with Gasteiger partial charge >= 0.3 is 24.2 Å². The molecule has 0 spiro atoms. The number of hydrogen-bond acceptors (Lipinski definition) is 6. The molecule has 0 radical (unpaired) electrons. The Bertz CT molecular complexity index is 2330. The highest BCUT2D eigenvalue weighted by atomic mass is 33.1. The van der Waals surface area contributed by atoms with E-state index in [0.29, 0.717) is 51.4 Å². The Balaban J connectivity index is 1.35. The van der Waals surface area contributed by atoms with Crippen LogP contribution in [0.5, 0.6) is 11.5 Å². The van der Waals surface area contributed by atoms with Gasteiger partial charge in [-0.05, 0) is 50.2 Å². The van der Waals surface area contributed by atoms with Crippen LogP contribution in [0, 0.1) is 13.8 Å². The molecule has 1 unspecified atom stereocenters. The molecule has 9 nitrogen and oxygen atoms in total. The summed E-state index contributed by atoms with van der Waals surface area (Å²) in [6.07, 6.45) is -5.67. The predicted molar refractivity (Wildman–Crippen MR) is 180 cm³/mol. The molecular formula is C34H32F6N6O3S2+2. The number of methoxy groups -OCH3 is 2. The van der Waals surface area contributed by atoms with Gasteiger partial charge in [0.15, 0.2) is 11.0 Å². The lowest BCUT2D eigenvalue weighted by atomic mass is 10.2. The molecule has 0 fully saturated rings. The fourth-order valence-electron chi connectivity index (χ4n) is 5.95. The van der Waals surface area contributed by atoms with Crippen molar-refractivity contribution in [1.29, 1.82) is 0 Å². The van der Waals surface area contributed by atoms with Crippen LogP contribution in [0.4, 0.5) is 26.3 Å². The van der Waals surface area contributed by atoms with Crippen molar-refractivity contribution in [1.82, 2.24) is 19.1 Å². The summed E-state index contributed by atoms with van der Waals surface area (Å²) in [7, 11) is 5.81. The Morgan fingerprint density at radius 1 is 0.725 bits per heavy atom. The van der Waals surface area contributed by atoms with Crippen LogP contribution in [-0.4, -0.2) is 37.5 Å². The van der Waals surface area contributed by atoms with E-state index in [1.54, 1.807) is 63.8 Å². The third-order valence-electron chi connectivity index (χ3n) is 8.76. The smallest absolute Gasteiger partial charge is 0.416 e. The Hall–Kier alpha value is -4.64. The average molecular weight is 751 g/mol. The molecule has 6 aromatic rings. The van der Waals surface area contributed by atoms with E-state index in [-0.39, 0.29) is 22.5 Å². The first-order chi connectivity index (χ1) is 24.0. The summed E-state index contributed by atoms with van der Waals surface area (Å²) >= 11 is 0. The first kappa shape index (κ1) is 36.2. The van der Waals surface area contributed by atoms with Gasteiger partial charge in [-0.3, -0.25) is 0 Å². The molecule has 0 saturated carbocycles. The SMILES string of the molecule is COc1cc[n+](-c2nc3ccc(C(F)(F)F)cc3n2C)c(CSS(=O)Cc2c(C)c(OC)cc[n+]2-c2nc3ccc(C(F)(F)F)cc3n2C)c1C. The maximum atomic E-state index is 13.9. The fraction of sp³-hybridized carbons (Fsp3) is 0.294. The Morgan fingerprint density at radius 2 is 1.16 bits per heavy atom. The molecule has 0 saturated heterocycles. The van der Waals surface area contributed by atoms with Crippen molar-refractivity contribution in [2.75, 3.05) is 14.2 Å². The van der Waals surface area contributed by atoms with Crippen LogP contribution in [0.1, 0.15) is 33.6 Å². The Kier molecular flexibility index (Phi) is 9.56. The normalized spacial score (nSPS) is 12.9. The lowest BCUT2D eigenvalue weighted by molar-refractivity contribution is -0.613. The maximum absolute atomic E-state index is 13.9. The van der Waals surface area contributed by atoms with Crippen molar-refractivity contribution in [2.45, 2.75) is 37.7 Å². The molecule has 4 aromatic heterocycles. The standard InChI is InChI=1S/C34H32F6N6O3S2/c1-19-27(45(13-11-29(19)48-5)31-41-23-9-7-21(33(35,36)37)15-25(23)43(31)3)17-50-51(47)18-28-20(2)30(49-6)12-14-46(28)32-42-24-10-8-22(34(38,39)40)16-26(24)44(32)4/h7-16H,17-18H2,1-6H3/q+2. The fourth-order valence-corrected chi connectivity index (χ4v) is 8.52. The monoisotopic (exact) mass is 750 g/mol. The predicted octanol–water partition coefficient (Wildman–Crippen LogP) is 6.78. The van der Waals surface area contributed by atoms with Gasteiger partial charge in [0.2, 0.25) is 0 Å². The third-order valence-corrected chi connectivity index (χ3v) is 11.4. The van der Waals surface area contributed by atoms with Gasteiger partial charge in [-0.2, -0.15) is 26.3 Å². The highest BCUT2D eigenvalue weighted by Crippen LogP contribution is 2.34. The second-order valence-electron chi connectivity index (χ2n) is 11.7. The lowest BCUT2D eigenvalue weighted by Crippen LogP contribution is -2.40. The Morgan fingerprint density at radius 3 is 1.59 bits per heavy atom. The van der Waals surface area contributed by atoms with Gasteiger partial charge in [0.25, 0.3) is 0 Å². The van der Waals surface area contributed by atoms with Gasteiger partial charge in [-0.1, -0.05) is 20.8 Å². The molecular weight excluding hydrogens is 719 g/mol. The van der Waals surface area contributed by atoms with Crippen molar-refractivity contribution < 1.29 is 49.2 Å². The van der Waals surface area contributed by atoms with E-state index >= 15 is 0 Å². The van der Waals surface area contributed by atoms with Crippen molar-refractivity contribution in [3.05, 3.63) is 94.6 Å². The van der Waals surface area contributed by atoms with E-state index in [4.69, 9.17) is 9.47 Å². The summed E-state index contributed by atoms with van der Waals surface area (Å²) in [4.78, 5) is 9.23. The van der Waals surface area contributed by atoms with Crippen LogP contribution in [0.25, 0.3) is 34.0 Å². The topological polar surface area (TPSA) is 78.9 Å². The van der Waals surface area contributed by atoms with E-state index in [1.165, 1.54) is 26.4 Å². The van der Waals surface area contributed by atoms with Crippen LogP contribution in [0.15, 0.2) is 60.9 Å². The average Bonchev–Trinajstić information content (AvgIpc) is 3.59. The van der Waals surface area contributed by atoms with Gasteiger partial charge in [-0.25, -0.2) is 22.5 Å². The zero-order valence-electron chi connectivity index (χ0n) is 28.2. The molecule has 1 atom stereocenters. The number of rotatable bonds is 9. The first-order valence-corrected chi connectivity index (χ1v) is 18.1. The molecule has 6 rings (SSSR count). The van der Waals surface area contributed by atoms with Crippen LogP contribution in [0.3, 0.4) is 0 Å². The minimum absolute atomic E-state index is 0.0141. The lowest BCUT2D eigenvalue weighted by Gasteiger charge is -2.14. The number of halogens is 6. The number of aromatic nitrogens is 6. The van der Waals surface area contributed by atoms with Gasteiger partial charge in [0.1, 0.15) is 33.9 Å². The summed E-state index contributed by atoms with van der Waals surface area (Å²) in [5.74, 6) is 1.97. The second-order valence-corrected chi connectivity index (χ2v) is 14.9. The summed E-state index contributed by atoms with van der Waals surface area (Å²) in [6, 6.07) is 10.1. The van der Waals surface area contributed by atoms with Gasteiger partial charge < -0.3 is 9.47 Å². The number of fused-ring (bicyclic) bond motifs is 2. The van der Waals surface area contributed by atoms with E-state index in [0.717, 1.165) is 40.6 Å². The number of benzene rings is 2. The molecule has 2 aromatic carbocycles. The molecule has 0 N–H and O–H groups in total. The van der Waals surface area contributed by atoms with Gasteiger partial charge in [0, 0.05) is 23.3 Å². The number of aryl methyl sites for hydroxylation is 2. The molecule has 268 valence electrons. The quantitative estimate of drug-likeness (QED) is 0.0922. The minimum atomic E-state index is -4.53. The van der Waals surface area contributed by atoms with Crippen LogP contribution in [-0.2, 0) is 47.8 Å². The van der Waals surface area contributed by atoms with Crippen molar-refractivity contribution in [3.63, 3.8) is 0 Å². The van der Waals surface area contributed by atoms with E-state index in [2.05, 4.69) is 9.97 Å². The van der Waals surface area contributed by atoms with Crippen molar-refractivity contribution in [3.8, 4) is 23.4 Å². The highest BCUT2D eigenvalue weighted by molar-refractivity contribution is 8.68. The molecule has 4 heterocycles. The molecule has 17 heteroatoms. The summed E-state index contributed by atoms with van der Waals surface area (Å²) in [6.45, 7) is 3.63. The van der Waals surface area contributed by atoms with Crippen LogP contribution >= 0.6 is 10.8 Å². The van der Waals surface area contributed by atoms with Crippen molar-refractivity contribution >= 4 is 42.7 Å². The van der Waals surface area contributed by atoms with E-state index in [1.807, 2.05) is 6.92 Å². The summed E-state index contributed by atoms with van der Waals surface area (Å²) < 4.78 is 112. The molecule has 0 aliphatic carbocycles. The Labute approximate surface area is 294 Å². The van der Waals surface area contributed by atoms with Gasteiger partial charge in [-0.15, -0.1) is 0 Å². The van der Waals surface area contributed by atoms with E-state index in [9.17, 15) is 30.6 Å². The molecule has 0 aliphatic rings. The second kappa shape index (κ2) is 13.5.